The molecule has 1 fully saturated rings. The number of aliphatic hydroxyl groups is 1. The maximum absolute atomic E-state index is 14.0. The van der Waals surface area contributed by atoms with Crippen LogP contribution < -0.4 is 10.2 Å². The Bertz CT molecular complexity index is 580. The molecule has 1 heterocycles. The van der Waals surface area contributed by atoms with Gasteiger partial charge in [-0.2, -0.15) is 0 Å². The first-order chi connectivity index (χ1) is 10.7. The minimum Gasteiger partial charge on any atom is -0.510 e. The van der Waals surface area contributed by atoms with Gasteiger partial charge in [-0.25, -0.2) is 4.39 Å². The van der Waals surface area contributed by atoms with Gasteiger partial charge in [0.05, 0.1) is 5.70 Å². The van der Waals surface area contributed by atoms with E-state index in [1.807, 2.05) is 6.07 Å². The molecule has 0 aromatic heterocycles. The first-order valence-corrected chi connectivity index (χ1v) is 8.11. The molecule has 0 amide bonds. The molecular formula is C18H28FN3O. The van der Waals surface area contributed by atoms with Gasteiger partial charge in [-0.1, -0.05) is 0 Å². The number of halogens is 1. The summed E-state index contributed by atoms with van der Waals surface area (Å²) in [5.74, 6) is -0.133. The van der Waals surface area contributed by atoms with E-state index in [1.165, 1.54) is 6.07 Å². The highest BCUT2D eigenvalue weighted by Gasteiger charge is 2.26. The maximum atomic E-state index is 14.0. The van der Waals surface area contributed by atoms with Crippen molar-refractivity contribution in [3.8, 4) is 0 Å². The number of rotatable bonds is 3. The van der Waals surface area contributed by atoms with Gasteiger partial charge in [-0.05, 0) is 45.9 Å². The van der Waals surface area contributed by atoms with Gasteiger partial charge in [-0.3, -0.25) is 4.90 Å². The van der Waals surface area contributed by atoms with Crippen molar-refractivity contribution in [3.63, 3.8) is 0 Å². The molecule has 0 aliphatic carbocycles. The maximum Gasteiger partial charge on any atom is 0.125 e. The van der Waals surface area contributed by atoms with E-state index >= 15 is 0 Å². The van der Waals surface area contributed by atoms with Crippen molar-refractivity contribution in [2.45, 2.75) is 33.2 Å². The second kappa shape index (κ2) is 6.79. The second-order valence-electron chi connectivity index (χ2n) is 7.05. The largest absolute Gasteiger partial charge is 0.510 e. The minimum atomic E-state index is -0.287. The summed E-state index contributed by atoms with van der Waals surface area (Å²) in [6.45, 7) is 11.9. The summed E-state index contributed by atoms with van der Waals surface area (Å²) in [6.07, 6.45) is 0. The van der Waals surface area contributed by atoms with Crippen LogP contribution in [-0.4, -0.2) is 48.8 Å². The normalized spacial score (nSPS) is 17.9. The Morgan fingerprint density at radius 3 is 2.22 bits per heavy atom. The van der Waals surface area contributed by atoms with Crippen LogP contribution in [0.25, 0.3) is 5.70 Å². The Hall–Kier alpha value is -1.75. The van der Waals surface area contributed by atoms with Crippen molar-refractivity contribution in [2.24, 2.45) is 0 Å². The van der Waals surface area contributed by atoms with E-state index in [0.717, 1.165) is 31.9 Å². The Balaban J connectivity index is 2.22. The molecular weight excluding hydrogens is 293 g/mol. The van der Waals surface area contributed by atoms with Crippen LogP contribution in [0.4, 0.5) is 10.1 Å². The molecule has 0 unspecified atom stereocenters. The van der Waals surface area contributed by atoms with Gasteiger partial charge in [0, 0.05) is 50.0 Å². The number of aliphatic hydroxyl groups excluding tert-OH is 1. The highest BCUT2D eigenvalue weighted by Crippen LogP contribution is 2.26. The van der Waals surface area contributed by atoms with Crippen molar-refractivity contribution in [1.29, 1.82) is 0 Å². The van der Waals surface area contributed by atoms with Crippen LogP contribution in [0.5, 0.6) is 0 Å². The molecule has 0 radical (unpaired) electrons. The predicted octanol–water partition coefficient (Wildman–Crippen LogP) is 3.21. The van der Waals surface area contributed by atoms with Crippen LogP contribution in [-0.2, 0) is 0 Å². The molecule has 1 aliphatic rings. The first-order valence-electron chi connectivity index (χ1n) is 8.11. The summed E-state index contributed by atoms with van der Waals surface area (Å²) in [6, 6.07) is 4.94. The fourth-order valence-electron chi connectivity index (χ4n) is 3.07. The lowest BCUT2D eigenvalue weighted by Crippen LogP contribution is -2.53. The molecule has 0 atom stereocenters. The number of hydrogen-bond acceptors (Lipinski definition) is 4. The zero-order valence-corrected chi connectivity index (χ0v) is 14.8. The monoisotopic (exact) mass is 321 g/mol. The molecule has 4 nitrogen and oxygen atoms in total. The van der Waals surface area contributed by atoms with Crippen LogP contribution >= 0.6 is 0 Å². The van der Waals surface area contributed by atoms with Crippen molar-refractivity contribution in [1.82, 2.24) is 10.2 Å². The zero-order valence-electron chi connectivity index (χ0n) is 14.8. The van der Waals surface area contributed by atoms with Gasteiger partial charge in [0.15, 0.2) is 0 Å². The fourth-order valence-corrected chi connectivity index (χ4v) is 3.07. The molecule has 0 saturated carbocycles. The molecule has 2 rings (SSSR count). The van der Waals surface area contributed by atoms with Crippen LogP contribution in [0.2, 0.25) is 0 Å². The molecule has 1 aliphatic heterocycles. The highest BCUT2D eigenvalue weighted by molar-refractivity contribution is 5.69. The molecule has 5 heteroatoms. The zero-order chi connectivity index (χ0) is 17.2. The average molecular weight is 321 g/mol. The molecule has 128 valence electrons. The van der Waals surface area contributed by atoms with Crippen molar-refractivity contribution in [2.75, 3.05) is 38.1 Å². The van der Waals surface area contributed by atoms with Crippen LogP contribution in [0.15, 0.2) is 24.0 Å². The molecule has 1 aromatic rings. The molecule has 0 bridgehead atoms. The van der Waals surface area contributed by atoms with Gasteiger partial charge in [-0.15, -0.1) is 0 Å². The van der Waals surface area contributed by atoms with E-state index in [1.54, 1.807) is 20.0 Å². The van der Waals surface area contributed by atoms with E-state index in [0.29, 0.717) is 11.3 Å². The van der Waals surface area contributed by atoms with Gasteiger partial charge < -0.3 is 15.3 Å². The van der Waals surface area contributed by atoms with Crippen LogP contribution in [0.1, 0.15) is 33.3 Å². The standard InChI is InChI=1S/C18H28FN3O/c1-13(23)17(20-5)14-10-15(19)12-16(11-14)21-6-8-22(9-7-21)18(2,3)4/h10-12,20,23H,6-9H2,1-5H3/b17-13+. The SMILES string of the molecule is CN/C(=C(\C)O)c1cc(F)cc(N2CCN(C(C)(C)C)CC2)c1. The lowest BCUT2D eigenvalue weighted by Gasteiger charge is -2.43. The molecule has 1 aromatic carbocycles. The highest BCUT2D eigenvalue weighted by atomic mass is 19.1. The van der Waals surface area contributed by atoms with Gasteiger partial charge in [0.25, 0.3) is 0 Å². The Morgan fingerprint density at radius 1 is 1.13 bits per heavy atom. The number of piperazine rings is 1. The average Bonchev–Trinajstić information content (AvgIpc) is 2.46. The Kier molecular flexibility index (Phi) is 5.19. The number of anilines is 1. The lowest BCUT2D eigenvalue weighted by atomic mass is 10.0. The summed E-state index contributed by atoms with van der Waals surface area (Å²) in [7, 11) is 1.72. The van der Waals surface area contributed by atoms with E-state index in [-0.39, 0.29) is 17.1 Å². The van der Waals surface area contributed by atoms with E-state index < -0.39 is 0 Å². The van der Waals surface area contributed by atoms with Crippen molar-refractivity contribution < 1.29 is 9.50 Å². The smallest absolute Gasteiger partial charge is 0.125 e. The van der Waals surface area contributed by atoms with Gasteiger partial charge >= 0.3 is 0 Å². The molecule has 23 heavy (non-hydrogen) atoms. The minimum absolute atomic E-state index is 0.154. The molecule has 0 spiro atoms. The van der Waals surface area contributed by atoms with Gasteiger partial charge in [0.2, 0.25) is 0 Å². The Morgan fingerprint density at radius 2 is 1.74 bits per heavy atom. The third kappa shape index (κ3) is 4.16. The number of nitrogens with one attached hydrogen (secondary N) is 1. The summed E-state index contributed by atoms with van der Waals surface area (Å²) < 4.78 is 14.0. The predicted molar refractivity (Wildman–Crippen MR) is 94.2 cm³/mol. The fraction of sp³-hybridized carbons (Fsp3) is 0.556. The second-order valence-corrected chi connectivity index (χ2v) is 7.05. The topological polar surface area (TPSA) is 38.7 Å². The number of benzene rings is 1. The number of allylic oxidation sites excluding steroid dienone is 1. The number of hydrogen-bond donors (Lipinski definition) is 2. The van der Waals surface area contributed by atoms with Crippen molar-refractivity contribution >= 4 is 11.4 Å². The summed E-state index contributed by atoms with van der Waals surface area (Å²) >= 11 is 0. The first kappa shape index (κ1) is 17.6. The lowest BCUT2D eigenvalue weighted by molar-refractivity contribution is 0.128. The third-order valence-electron chi connectivity index (χ3n) is 4.38. The van der Waals surface area contributed by atoms with Gasteiger partial charge in [0.1, 0.15) is 11.6 Å². The summed E-state index contributed by atoms with van der Waals surface area (Å²) in [5, 5.41) is 12.7. The van der Waals surface area contributed by atoms with Crippen molar-refractivity contribution in [3.05, 3.63) is 35.3 Å². The number of nitrogens with zero attached hydrogens (tertiary/aromatic N) is 2. The third-order valence-corrected chi connectivity index (χ3v) is 4.38. The van der Waals surface area contributed by atoms with E-state index in [4.69, 9.17) is 0 Å². The molecule has 1 saturated heterocycles. The quantitative estimate of drug-likeness (QED) is 0.839. The summed E-state index contributed by atoms with van der Waals surface area (Å²) in [4.78, 5) is 4.65. The summed E-state index contributed by atoms with van der Waals surface area (Å²) in [5.41, 5.74) is 2.25. The van der Waals surface area contributed by atoms with E-state index in [2.05, 4.69) is 35.9 Å². The van der Waals surface area contributed by atoms with E-state index in [9.17, 15) is 9.50 Å². The molecule has 2 N–H and O–H groups in total. The van der Waals surface area contributed by atoms with Crippen LogP contribution in [0, 0.1) is 5.82 Å². The Labute approximate surface area is 138 Å². The van der Waals surface area contributed by atoms with Crippen LogP contribution in [0.3, 0.4) is 0 Å².